The summed E-state index contributed by atoms with van der Waals surface area (Å²) < 4.78 is 0.746. The summed E-state index contributed by atoms with van der Waals surface area (Å²) in [6, 6.07) is 9.04. The number of rotatable bonds is 4. The molecule has 4 nitrogen and oxygen atoms in total. The Labute approximate surface area is 131 Å². The van der Waals surface area contributed by atoms with Crippen molar-refractivity contribution in [1.29, 1.82) is 0 Å². The molecular weight excluding hydrogens is 317 g/mol. The first-order chi connectivity index (χ1) is 9.51. The molecule has 7 heteroatoms. The van der Waals surface area contributed by atoms with E-state index in [1.165, 1.54) is 11.3 Å². The van der Waals surface area contributed by atoms with Crippen LogP contribution in [0.5, 0.6) is 0 Å². The number of amidine groups is 1. The number of nitrogens with zero attached hydrogens (tertiary/aromatic N) is 2. The van der Waals surface area contributed by atoms with Crippen LogP contribution in [0.25, 0.3) is 0 Å². The average Bonchev–Trinajstić information content (AvgIpc) is 2.83. The number of thiophene rings is 1. The summed E-state index contributed by atoms with van der Waals surface area (Å²) >= 11 is 13.5. The Bertz CT molecular complexity index is 642. The predicted molar refractivity (Wildman–Crippen MR) is 85.4 cm³/mol. The normalized spacial score (nSPS) is 11.7. The van der Waals surface area contributed by atoms with Crippen LogP contribution < -0.4 is 10.6 Å². The zero-order chi connectivity index (χ0) is 14.7. The van der Waals surface area contributed by atoms with Crippen molar-refractivity contribution in [2.75, 3.05) is 11.9 Å². The summed E-state index contributed by atoms with van der Waals surface area (Å²) in [5.74, 6) is 0.0488. The molecule has 0 saturated heterocycles. The first-order valence-electron chi connectivity index (χ1n) is 5.74. The van der Waals surface area contributed by atoms with Gasteiger partial charge in [-0.15, -0.1) is 11.3 Å². The minimum atomic E-state index is 0.0488. The second kappa shape index (κ2) is 6.35. The van der Waals surface area contributed by atoms with E-state index in [1.54, 1.807) is 18.2 Å². The summed E-state index contributed by atoms with van der Waals surface area (Å²) in [6.45, 7) is 0.656. The van der Waals surface area contributed by atoms with Crippen LogP contribution in [0.2, 0.25) is 9.36 Å². The van der Waals surface area contributed by atoms with Crippen LogP contribution in [-0.2, 0) is 6.54 Å². The third kappa shape index (κ3) is 3.36. The summed E-state index contributed by atoms with van der Waals surface area (Å²) in [7, 11) is 1.91. The second-order valence-electron chi connectivity index (χ2n) is 4.21. The first-order valence-corrected chi connectivity index (χ1v) is 7.31. The minimum Gasteiger partial charge on any atom is -0.409 e. The molecule has 1 aromatic heterocycles. The molecule has 0 atom stereocenters. The van der Waals surface area contributed by atoms with Crippen LogP contribution >= 0.6 is 34.5 Å². The molecule has 2 aromatic rings. The maximum atomic E-state index is 8.85. The van der Waals surface area contributed by atoms with E-state index >= 15 is 0 Å². The van der Waals surface area contributed by atoms with Crippen molar-refractivity contribution < 1.29 is 5.21 Å². The van der Waals surface area contributed by atoms with Gasteiger partial charge < -0.3 is 15.8 Å². The Morgan fingerprint density at radius 3 is 2.70 bits per heavy atom. The Kier molecular flexibility index (Phi) is 4.75. The number of halogens is 2. The van der Waals surface area contributed by atoms with Gasteiger partial charge in [0.1, 0.15) is 0 Å². The van der Waals surface area contributed by atoms with E-state index in [9.17, 15) is 0 Å². The van der Waals surface area contributed by atoms with Crippen molar-refractivity contribution in [2.24, 2.45) is 10.9 Å². The van der Waals surface area contributed by atoms with E-state index in [2.05, 4.69) is 5.16 Å². The van der Waals surface area contributed by atoms with Crippen LogP contribution in [0, 0.1) is 0 Å². The lowest BCUT2D eigenvalue weighted by atomic mass is 10.1. The highest BCUT2D eigenvalue weighted by Crippen LogP contribution is 2.28. The summed E-state index contributed by atoms with van der Waals surface area (Å²) in [4.78, 5) is 3.09. The minimum absolute atomic E-state index is 0.0488. The van der Waals surface area contributed by atoms with E-state index in [0.717, 1.165) is 14.9 Å². The van der Waals surface area contributed by atoms with Crippen molar-refractivity contribution in [1.82, 2.24) is 0 Å². The SMILES string of the molecule is CN(Cc1ccc(Cl)s1)c1cc(Cl)ccc1C(N)=NO. The van der Waals surface area contributed by atoms with Crippen LogP contribution in [0.15, 0.2) is 35.5 Å². The van der Waals surface area contributed by atoms with E-state index in [-0.39, 0.29) is 5.84 Å². The third-order valence-electron chi connectivity index (χ3n) is 2.78. The summed E-state index contributed by atoms with van der Waals surface area (Å²) in [5.41, 5.74) is 7.11. The van der Waals surface area contributed by atoms with Gasteiger partial charge >= 0.3 is 0 Å². The van der Waals surface area contributed by atoms with Crippen molar-refractivity contribution >= 4 is 46.1 Å². The molecule has 0 amide bonds. The van der Waals surface area contributed by atoms with Crippen LogP contribution in [0.3, 0.4) is 0 Å². The molecule has 0 unspecified atom stereocenters. The number of nitrogens with two attached hydrogens (primary N) is 1. The smallest absolute Gasteiger partial charge is 0.172 e. The molecule has 0 spiro atoms. The molecule has 1 aromatic carbocycles. The largest absolute Gasteiger partial charge is 0.409 e. The number of oxime groups is 1. The van der Waals surface area contributed by atoms with Gasteiger partial charge in [-0.25, -0.2) is 0 Å². The van der Waals surface area contributed by atoms with E-state index < -0.39 is 0 Å². The fourth-order valence-electron chi connectivity index (χ4n) is 1.85. The highest BCUT2D eigenvalue weighted by atomic mass is 35.5. The lowest BCUT2D eigenvalue weighted by Crippen LogP contribution is -2.22. The maximum absolute atomic E-state index is 8.85. The highest BCUT2D eigenvalue weighted by Gasteiger charge is 2.13. The average molecular weight is 330 g/mol. The molecule has 0 bridgehead atoms. The molecule has 0 radical (unpaired) electrons. The molecule has 0 fully saturated rings. The van der Waals surface area contributed by atoms with Gasteiger partial charge in [0.15, 0.2) is 5.84 Å². The standard InChI is InChI=1S/C13H13Cl2N3OS/c1-18(7-9-3-5-12(15)20-9)11-6-8(14)2-4-10(11)13(16)17-19/h2-6,19H,7H2,1H3,(H2,16,17). The van der Waals surface area contributed by atoms with Crippen molar-refractivity contribution in [2.45, 2.75) is 6.54 Å². The second-order valence-corrected chi connectivity index (χ2v) is 6.44. The zero-order valence-corrected chi connectivity index (χ0v) is 13.0. The van der Waals surface area contributed by atoms with Gasteiger partial charge in [-0.3, -0.25) is 0 Å². The van der Waals surface area contributed by atoms with Gasteiger partial charge in [0.2, 0.25) is 0 Å². The van der Waals surface area contributed by atoms with Gasteiger partial charge in [0.05, 0.1) is 10.9 Å². The molecule has 0 aliphatic rings. The number of hydrogen-bond acceptors (Lipinski definition) is 4. The quantitative estimate of drug-likeness (QED) is 0.388. The fraction of sp³-hybridized carbons (Fsp3) is 0.154. The Hall–Kier alpha value is -1.43. The molecule has 1 heterocycles. The number of anilines is 1. The fourth-order valence-corrected chi connectivity index (χ4v) is 3.15. The van der Waals surface area contributed by atoms with E-state index in [4.69, 9.17) is 34.1 Å². The van der Waals surface area contributed by atoms with Gasteiger partial charge in [0, 0.05) is 28.2 Å². The molecule has 0 aliphatic carbocycles. The van der Waals surface area contributed by atoms with E-state index in [1.807, 2.05) is 24.1 Å². The number of hydrogen-bond donors (Lipinski definition) is 2. The molecule has 106 valence electrons. The Morgan fingerprint density at radius 2 is 2.10 bits per heavy atom. The topological polar surface area (TPSA) is 61.8 Å². The van der Waals surface area contributed by atoms with Gasteiger partial charge in [0.25, 0.3) is 0 Å². The summed E-state index contributed by atoms with van der Waals surface area (Å²) in [6.07, 6.45) is 0. The summed E-state index contributed by atoms with van der Waals surface area (Å²) in [5, 5.41) is 12.5. The Balaban J connectivity index is 2.32. The highest BCUT2D eigenvalue weighted by molar-refractivity contribution is 7.16. The molecule has 3 N–H and O–H groups in total. The maximum Gasteiger partial charge on any atom is 0.172 e. The van der Waals surface area contributed by atoms with Crippen LogP contribution in [0.4, 0.5) is 5.69 Å². The van der Waals surface area contributed by atoms with Crippen LogP contribution in [-0.4, -0.2) is 18.1 Å². The number of benzene rings is 1. The lowest BCUT2D eigenvalue weighted by Gasteiger charge is -2.21. The lowest BCUT2D eigenvalue weighted by molar-refractivity contribution is 0.318. The first kappa shape index (κ1) is 15.0. The van der Waals surface area contributed by atoms with Gasteiger partial charge in [-0.05, 0) is 30.3 Å². The van der Waals surface area contributed by atoms with Gasteiger partial charge in [-0.1, -0.05) is 28.4 Å². The van der Waals surface area contributed by atoms with Crippen LogP contribution in [0.1, 0.15) is 10.4 Å². The van der Waals surface area contributed by atoms with E-state index in [0.29, 0.717) is 17.1 Å². The van der Waals surface area contributed by atoms with Crippen molar-refractivity contribution in [3.05, 3.63) is 50.1 Å². The zero-order valence-electron chi connectivity index (χ0n) is 10.7. The molecule has 2 rings (SSSR count). The van der Waals surface area contributed by atoms with Crippen molar-refractivity contribution in [3.63, 3.8) is 0 Å². The third-order valence-corrected chi connectivity index (χ3v) is 4.23. The van der Waals surface area contributed by atoms with Crippen molar-refractivity contribution in [3.8, 4) is 0 Å². The Morgan fingerprint density at radius 1 is 1.35 bits per heavy atom. The molecule has 20 heavy (non-hydrogen) atoms. The molecule has 0 saturated carbocycles. The predicted octanol–water partition coefficient (Wildman–Crippen LogP) is 3.79. The van der Waals surface area contributed by atoms with Gasteiger partial charge in [-0.2, -0.15) is 0 Å². The molecule has 0 aliphatic heterocycles. The monoisotopic (exact) mass is 329 g/mol. The molecular formula is C13H13Cl2N3OS.